The van der Waals surface area contributed by atoms with E-state index in [1.54, 1.807) is 29.2 Å². The van der Waals surface area contributed by atoms with Crippen LogP contribution in [0.4, 0.5) is 9.18 Å². The number of alkyl halides is 1. The Balaban J connectivity index is 1.20. The van der Waals surface area contributed by atoms with Crippen LogP contribution in [0.15, 0.2) is 47.5 Å². The molecule has 1 atom stereocenters. The number of hydrogen-bond donors (Lipinski definition) is 1. The Morgan fingerprint density at radius 1 is 1.17 bits per heavy atom. The van der Waals surface area contributed by atoms with E-state index in [1.807, 2.05) is 0 Å². The predicted molar refractivity (Wildman–Crippen MR) is 130 cm³/mol. The van der Waals surface area contributed by atoms with E-state index in [0.717, 1.165) is 5.39 Å². The number of piperidine rings is 1. The van der Waals surface area contributed by atoms with Gasteiger partial charge in [0.15, 0.2) is 9.84 Å². The molecular formula is C24H24ClFN4O5S. The quantitative estimate of drug-likeness (QED) is 0.520. The molecule has 2 amide bonds. The van der Waals surface area contributed by atoms with Crippen molar-refractivity contribution in [1.82, 2.24) is 19.4 Å². The van der Waals surface area contributed by atoms with E-state index in [1.165, 1.54) is 27.8 Å². The molecule has 12 heteroatoms. The molecule has 9 nitrogen and oxygen atoms in total. The summed E-state index contributed by atoms with van der Waals surface area (Å²) >= 11 is 5.98. The lowest BCUT2D eigenvalue weighted by Gasteiger charge is -2.37. The Kier molecular flexibility index (Phi) is 6.48. The molecule has 0 unspecified atom stereocenters. The number of aliphatic hydroxyl groups excluding tert-OH is 1. The van der Waals surface area contributed by atoms with Gasteiger partial charge in [0, 0.05) is 24.2 Å². The van der Waals surface area contributed by atoms with Crippen molar-refractivity contribution in [3.8, 4) is 0 Å². The van der Waals surface area contributed by atoms with Gasteiger partial charge in [0.05, 0.1) is 29.1 Å². The first-order valence-corrected chi connectivity index (χ1v) is 13.5. The van der Waals surface area contributed by atoms with Crippen LogP contribution in [0.2, 0.25) is 5.02 Å². The van der Waals surface area contributed by atoms with Gasteiger partial charge in [0.2, 0.25) is 0 Å². The first-order chi connectivity index (χ1) is 17.2. The van der Waals surface area contributed by atoms with E-state index in [4.69, 9.17) is 11.6 Å². The average molecular weight is 535 g/mol. The molecule has 0 bridgehead atoms. The van der Waals surface area contributed by atoms with Gasteiger partial charge in [-0.1, -0.05) is 23.7 Å². The highest BCUT2D eigenvalue weighted by atomic mass is 35.5. The number of hydrogen-bond acceptors (Lipinski definition) is 6. The summed E-state index contributed by atoms with van der Waals surface area (Å²) in [5.41, 5.74) is 0.628. The highest BCUT2D eigenvalue weighted by Gasteiger charge is 2.38. The third-order valence-electron chi connectivity index (χ3n) is 6.81. The molecule has 190 valence electrons. The summed E-state index contributed by atoms with van der Waals surface area (Å²) in [6.07, 6.45) is 0.716. The number of amides is 2. The van der Waals surface area contributed by atoms with Gasteiger partial charge in [-0.05, 0) is 47.9 Å². The molecule has 0 aliphatic carbocycles. The zero-order valence-electron chi connectivity index (χ0n) is 19.2. The number of imidazole rings is 1. The van der Waals surface area contributed by atoms with E-state index in [9.17, 15) is 27.5 Å². The zero-order chi connectivity index (χ0) is 25.6. The second-order valence-electron chi connectivity index (χ2n) is 9.05. The van der Waals surface area contributed by atoms with E-state index in [2.05, 4.69) is 4.98 Å². The first-order valence-electron chi connectivity index (χ1n) is 11.5. The topological polar surface area (TPSA) is 113 Å². The summed E-state index contributed by atoms with van der Waals surface area (Å²) in [5.74, 6) is -1.32. The maximum absolute atomic E-state index is 13.1. The van der Waals surface area contributed by atoms with E-state index < -0.39 is 34.3 Å². The summed E-state index contributed by atoms with van der Waals surface area (Å²) in [5, 5.41) is 12.5. The normalized spacial score (nSPS) is 17.6. The second kappa shape index (κ2) is 9.45. The minimum absolute atomic E-state index is 0.0152. The minimum Gasteiger partial charge on any atom is -0.382 e. The van der Waals surface area contributed by atoms with Gasteiger partial charge < -0.3 is 14.9 Å². The number of aromatic nitrogens is 2. The van der Waals surface area contributed by atoms with Crippen molar-refractivity contribution >= 4 is 44.1 Å². The standard InChI is InChI=1S/C24H24ClFN4O5S/c25-17-3-1-16-10-20(4-2-15(16)9-17)36(34,35)14-21(31)23(32)28-7-5-18(6-8-28)29-13-19-12-27-22(11-26)30(19)24(29)33/h1-4,9-10,12,18,21,31H,5-8,11,13-14H2/t21-/m1/s1. The van der Waals surface area contributed by atoms with Gasteiger partial charge in [-0.15, -0.1) is 0 Å². The highest BCUT2D eigenvalue weighted by molar-refractivity contribution is 7.91. The van der Waals surface area contributed by atoms with Crippen LogP contribution in [0.5, 0.6) is 0 Å². The number of sulfone groups is 1. The number of halogens is 2. The van der Waals surface area contributed by atoms with Crippen LogP contribution in [0.3, 0.4) is 0 Å². The SMILES string of the molecule is O=C([C@H](O)CS(=O)(=O)c1ccc2cc(Cl)ccc2c1)N1CCC(N2Cc3cnc(CF)n3C2=O)CC1. The van der Waals surface area contributed by atoms with Crippen molar-refractivity contribution in [2.45, 2.75) is 43.1 Å². The molecular weight excluding hydrogens is 511 g/mol. The summed E-state index contributed by atoms with van der Waals surface area (Å²) in [6.45, 7) is 0.0264. The molecule has 1 aromatic heterocycles. The smallest absolute Gasteiger partial charge is 0.330 e. The molecule has 0 spiro atoms. The van der Waals surface area contributed by atoms with Gasteiger partial charge >= 0.3 is 6.03 Å². The number of carbonyl (C=O) groups is 2. The molecule has 5 rings (SSSR count). The van der Waals surface area contributed by atoms with Crippen LogP contribution in [0, 0.1) is 0 Å². The van der Waals surface area contributed by atoms with Crippen LogP contribution in [0.25, 0.3) is 10.8 Å². The fraction of sp³-hybridized carbons (Fsp3) is 0.375. The number of nitrogens with zero attached hydrogens (tertiary/aromatic N) is 4. The van der Waals surface area contributed by atoms with Crippen molar-refractivity contribution in [2.24, 2.45) is 0 Å². The van der Waals surface area contributed by atoms with Gasteiger partial charge in [-0.25, -0.2) is 27.2 Å². The van der Waals surface area contributed by atoms with Crippen molar-refractivity contribution < 1.29 is 27.5 Å². The summed E-state index contributed by atoms with van der Waals surface area (Å²) in [7, 11) is -3.93. The number of likely N-dealkylation sites (tertiary alicyclic amines) is 1. The predicted octanol–water partition coefficient (Wildman–Crippen LogP) is 2.77. The molecule has 36 heavy (non-hydrogen) atoms. The largest absolute Gasteiger partial charge is 0.382 e. The zero-order valence-corrected chi connectivity index (χ0v) is 20.8. The molecule has 1 fully saturated rings. The van der Waals surface area contributed by atoms with Crippen LogP contribution < -0.4 is 0 Å². The minimum atomic E-state index is -3.93. The lowest BCUT2D eigenvalue weighted by atomic mass is 10.0. The van der Waals surface area contributed by atoms with Crippen LogP contribution in [-0.2, 0) is 27.9 Å². The molecule has 0 radical (unpaired) electrons. The number of fused-ring (bicyclic) bond motifs is 2. The molecule has 1 saturated heterocycles. The maximum atomic E-state index is 13.1. The van der Waals surface area contributed by atoms with E-state index in [-0.39, 0.29) is 35.9 Å². The number of rotatable bonds is 6. The molecule has 1 N–H and O–H groups in total. The second-order valence-corrected chi connectivity index (χ2v) is 11.5. The third kappa shape index (κ3) is 4.46. The summed E-state index contributed by atoms with van der Waals surface area (Å²) in [4.78, 5) is 32.6. The maximum Gasteiger partial charge on any atom is 0.330 e. The third-order valence-corrected chi connectivity index (χ3v) is 8.77. The van der Waals surface area contributed by atoms with Crippen LogP contribution >= 0.6 is 11.6 Å². The average Bonchev–Trinajstić information content (AvgIpc) is 3.42. The van der Waals surface area contributed by atoms with Crippen LogP contribution in [0.1, 0.15) is 24.4 Å². The Labute approximate surface area is 212 Å². The lowest BCUT2D eigenvalue weighted by molar-refractivity contribution is -0.140. The lowest BCUT2D eigenvalue weighted by Crippen LogP contribution is -2.50. The van der Waals surface area contributed by atoms with E-state index >= 15 is 0 Å². The molecule has 3 heterocycles. The molecule has 2 aromatic carbocycles. The van der Waals surface area contributed by atoms with Crippen molar-refractivity contribution in [3.05, 3.63) is 59.1 Å². The highest BCUT2D eigenvalue weighted by Crippen LogP contribution is 2.27. The Bertz CT molecular complexity index is 1450. The Morgan fingerprint density at radius 2 is 1.86 bits per heavy atom. The Morgan fingerprint density at radius 3 is 2.58 bits per heavy atom. The van der Waals surface area contributed by atoms with Gasteiger partial charge in [0.1, 0.15) is 18.6 Å². The molecule has 2 aliphatic heterocycles. The Hall–Kier alpha value is -3.02. The molecule has 3 aromatic rings. The summed E-state index contributed by atoms with van der Waals surface area (Å²) in [6, 6.07) is 9.17. The number of carbonyl (C=O) groups excluding carboxylic acids is 2. The van der Waals surface area contributed by atoms with Crippen molar-refractivity contribution in [1.29, 1.82) is 0 Å². The number of benzene rings is 2. The van der Waals surface area contributed by atoms with Gasteiger partial charge in [-0.2, -0.15) is 0 Å². The van der Waals surface area contributed by atoms with Crippen LogP contribution in [-0.4, -0.2) is 75.8 Å². The molecule has 2 aliphatic rings. The fourth-order valence-corrected chi connectivity index (χ4v) is 6.41. The monoisotopic (exact) mass is 534 g/mol. The van der Waals surface area contributed by atoms with Crippen molar-refractivity contribution in [3.63, 3.8) is 0 Å². The van der Waals surface area contributed by atoms with Gasteiger partial charge in [-0.3, -0.25) is 4.79 Å². The van der Waals surface area contributed by atoms with E-state index in [0.29, 0.717) is 35.5 Å². The van der Waals surface area contributed by atoms with Gasteiger partial charge in [0.25, 0.3) is 5.91 Å². The molecule has 0 saturated carbocycles. The fourth-order valence-electron chi connectivity index (χ4n) is 4.90. The first kappa shape index (κ1) is 24.7. The van der Waals surface area contributed by atoms with Crippen molar-refractivity contribution in [2.75, 3.05) is 18.8 Å². The number of aliphatic hydroxyl groups is 1. The summed E-state index contributed by atoms with van der Waals surface area (Å²) < 4.78 is 40.2.